The van der Waals surface area contributed by atoms with Crippen molar-refractivity contribution in [2.45, 2.75) is 38.8 Å². The molecule has 5 rings (SSSR count). The highest BCUT2D eigenvalue weighted by Crippen LogP contribution is 2.46. The monoisotopic (exact) mass is 452 g/mol. The van der Waals surface area contributed by atoms with E-state index in [1.54, 1.807) is 21.3 Å². The van der Waals surface area contributed by atoms with Crippen molar-refractivity contribution in [3.63, 3.8) is 0 Å². The maximum Gasteiger partial charge on any atom is 0.296 e. The fourth-order valence-corrected chi connectivity index (χ4v) is 5.34. The Bertz CT molecular complexity index is 1140. The van der Waals surface area contributed by atoms with Crippen LogP contribution in [0.5, 0.6) is 17.4 Å². The Balaban J connectivity index is 1.75. The molecule has 1 aliphatic carbocycles. The lowest BCUT2D eigenvalue weighted by Gasteiger charge is -2.38. The van der Waals surface area contributed by atoms with Gasteiger partial charge in [-0.3, -0.25) is 4.48 Å². The molecule has 2 aliphatic rings. The van der Waals surface area contributed by atoms with Crippen molar-refractivity contribution in [2.24, 2.45) is 5.92 Å². The average molecular weight is 453 g/mol. The highest BCUT2D eigenvalue weighted by Gasteiger charge is 2.46. The zero-order chi connectivity index (χ0) is 23.2. The first-order valence-corrected chi connectivity index (χ1v) is 11.8. The van der Waals surface area contributed by atoms with E-state index in [2.05, 4.69) is 25.2 Å². The van der Waals surface area contributed by atoms with Gasteiger partial charge in [0.2, 0.25) is 5.69 Å². The van der Waals surface area contributed by atoms with Crippen LogP contribution in [0.15, 0.2) is 30.3 Å². The van der Waals surface area contributed by atoms with E-state index in [0.717, 1.165) is 71.4 Å². The molecule has 1 saturated heterocycles. The second-order valence-corrected chi connectivity index (χ2v) is 9.47. The van der Waals surface area contributed by atoms with Crippen LogP contribution in [0.1, 0.15) is 31.2 Å². The Morgan fingerprint density at radius 1 is 1.06 bits per heavy atom. The molecule has 2 atom stereocenters. The van der Waals surface area contributed by atoms with Crippen LogP contribution in [0.25, 0.3) is 16.8 Å². The lowest BCUT2D eigenvalue weighted by Crippen LogP contribution is -2.54. The van der Waals surface area contributed by atoms with Gasteiger partial charge < -0.3 is 18.9 Å². The number of quaternary nitrogens is 1. The van der Waals surface area contributed by atoms with Crippen molar-refractivity contribution in [3.8, 4) is 28.6 Å². The molecule has 1 aromatic carbocycles. The molecule has 2 unspecified atom stereocenters. The van der Waals surface area contributed by atoms with Gasteiger partial charge in [-0.05, 0) is 56.0 Å². The first kappa shape index (κ1) is 22.0. The van der Waals surface area contributed by atoms with Gasteiger partial charge in [-0.1, -0.05) is 6.07 Å². The van der Waals surface area contributed by atoms with E-state index in [-0.39, 0.29) is 6.23 Å². The minimum Gasteiger partial charge on any atom is -0.496 e. The van der Waals surface area contributed by atoms with E-state index in [1.807, 2.05) is 23.6 Å². The number of hydrogen-bond donors (Lipinski definition) is 0. The number of pyridine rings is 1. The number of aryl methyl sites for hydroxylation is 1. The van der Waals surface area contributed by atoms with Crippen LogP contribution in [-0.4, -0.2) is 57.4 Å². The standard InChI is InChI=1S/C26H34N3O4/c1-17-14-21(30-3)24(22(15-17)31-4)19-8-6-9-20-25(26(32-5)27-28(19)20)29(2,16-18-11-12-18)23-10-7-13-33-23/h6,8-9,14-15,18,23H,7,10-13,16H2,1-5H3/q+1. The van der Waals surface area contributed by atoms with E-state index >= 15 is 0 Å². The largest absolute Gasteiger partial charge is 0.496 e. The zero-order valence-corrected chi connectivity index (χ0v) is 20.3. The van der Waals surface area contributed by atoms with Crippen molar-refractivity contribution < 1.29 is 18.9 Å². The number of rotatable bonds is 8. The average Bonchev–Trinajstić information content (AvgIpc) is 3.29. The van der Waals surface area contributed by atoms with E-state index in [4.69, 9.17) is 24.0 Å². The van der Waals surface area contributed by atoms with Crippen LogP contribution in [0.3, 0.4) is 0 Å². The summed E-state index contributed by atoms with van der Waals surface area (Å²) >= 11 is 0. The maximum atomic E-state index is 6.26. The van der Waals surface area contributed by atoms with Crippen LogP contribution in [0, 0.1) is 12.8 Å². The molecule has 7 nitrogen and oxygen atoms in total. The molecule has 176 valence electrons. The summed E-state index contributed by atoms with van der Waals surface area (Å²) in [5, 5.41) is 4.96. The molecular weight excluding hydrogens is 418 g/mol. The fourth-order valence-electron chi connectivity index (χ4n) is 5.34. The summed E-state index contributed by atoms with van der Waals surface area (Å²) < 4.78 is 26.4. The fraction of sp³-hybridized carbons (Fsp3) is 0.500. The normalized spacial score (nSPS) is 20.1. The molecule has 1 saturated carbocycles. The van der Waals surface area contributed by atoms with E-state index in [0.29, 0.717) is 10.4 Å². The second kappa shape index (κ2) is 8.54. The van der Waals surface area contributed by atoms with Crippen molar-refractivity contribution in [1.82, 2.24) is 14.1 Å². The summed E-state index contributed by atoms with van der Waals surface area (Å²) in [6.07, 6.45) is 4.81. The highest BCUT2D eigenvalue weighted by molar-refractivity contribution is 5.83. The Kier molecular flexibility index (Phi) is 5.70. The molecule has 2 aromatic heterocycles. The molecule has 3 aromatic rings. The first-order valence-electron chi connectivity index (χ1n) is 11.8. The summed E-state index contributed by atoms with van der Waals surface area (Å²) in [4.78, 5) is 0. The number of methoxy groups -OCH3 is 3. The van der Waals surface area contributed by atoms with Crippen LogP contribution >= 0.6 is 0 Å². The quantitative estimate of drug-likeness (QED) is 0.459. The third kappa shape index (κ3) is 3.73. The predicted octanol–water partition coefficient (Wildman–Crippen LogP) is 4.82. The van der Waals surface area contributed by atoms with Crippen molar-refractivity contribution >= 4 is 11.2 Å². The molecule has 33 heavy (non-hydrogen) atoms. The molecular formula is C26H34N3O4+. The third-order valence-corrected chi connectivity index (χ3v) is 7.09. The Morgan fingerprint density at radius 2 is 1.79 bits per heavy atom. The number of aromatic nitrogens is 2. The number of ether oxygens (including phenoxy) is 4. The SMILES string of the molecule is COc1cc(C)cc(OC)c1-c1cccc2c([N+](C)(CC3CC3)C3CCCO3)c(OC)nn12. The minimum atomic E-state index is 0.111. The summed E-state index contributed by atoms with van der Waals surface area (Å²) in [5.41, 5.74) is 4.96. The molecule has 0 radical (unpaired) electrons. The smallest absolute Gasteiger partial charge is 0.296 e. The molecule has 2 fully saturated rings. The molecule has 7 heteroatoms. The highest BCUT2D eigenvalue weighted by atomic mass is 16.5. The lowest BCUT2D eigenvalue weighted by molar-refractivity contribution is -0.00311. The van der Waals surface area contributed by atoms with Gasteiger partial charge in [0, 0.05) is 12.3 Å². The summed E-state index contributed by atoms with van der Waals surface area (Å²) in [6, 6.07) is 10.3. The maximum absolute atomic E-state index is 6.26. The van der Waals surface area contributed by atoms with Gasteiger partial charge in [0.25, 0.3) is 5.88 Å². The van der Waals surface area contributed by atoms with Crippen LogP contribution in [0.2, 0.25) is 0 Å². The number of nitrogens with zero attached hydrogens (tertiary/aromatic N) is 3. The van der Waals surface area contributed by atoms with Crippen LogP contribution < -0.4 is 18.7 Å². The van der Waals surface area contributed by atoms with Gasteiger partial charge in [0.15, 0.2) is 6.23 Å². The molecule has 1 aliphatic heterocycles. The number of benzene rings is 1. The molecule has 3 heterocycles. The Morgan fingerprint density at radius 3 is 2.36 bits per heavy atom. The van der Waals surface area contributed by atoms with Gasteiger partial charge in [-0.25, -0.2) is 4.52 Å². The second-order valence-electron chi connectivity index (χ2n) is 9.47. The van der Waals surface area contributed by atoms with E-state index < -0.39 is 0 Å². The minimum absolute atomic E-state index is 0.111. The number of hydrogen-bond acceptors (Lipinski definition) is 5. The van der Waals surface area contributed by atoms with Gasteiger partial charge in [0.05, 0.1) is 52.8 Å². The van der Waals surface area contributed by atoms with E-state index in [9.17, 15) is 0 Å². The van der Waals surface area contributed by atoms with Crippen LogP contribution in [-0.2, 0) is 4.74 Å². The molecule has 0 bridgehead atoms. The summed E-state index contributed by atoms with van der Waals surface area (Å²) in [7, 11) is 7.37. The van der Waals surface area contributed by atoms with Crippen molar-refractivity contribution in [1.29, 1.82) is 0 Å². The first-order chi connectivity index (χ1) is 16.0. The van der Waals surface area contributed by atoms with Crippen molar-refractivity contribution in [3.05, 3.63) is 35.9 Å². The Labute approximate surface area is 195 Å². The number of fused-ring (bicyclic) bond motifs is 1. The predicted molar refractivity (Wildman–Crippen MR) is 129 cm³/mol. The zero-order valence-electron chi connectivity index (χ0n) is 20.3. The third-order valence-electron chi connectivity index (χ3n) is 7.09. The van der Waals surface area contributed by atoms with Gasteiger partial charge >= 0.3 is 0 Å². The summed E-state index contributed by atoms with van der Waals surface area (Å²) in [5.74, 6) is 2.87. The lowest BCUT2D eigenvalue weighted by atomic mass is 10.1. The van der Waals surface area contributed by atoms with E-state index in [1.165, 1.54) is 12.8 Å². The summed E-state index contributed by atoms with van der Waals surface area (Å²) in [6.45, 7) is 3.88. The van der Waals surface area contributed by atoms with Gasteiger partial charge in [-0.2, -0.15) is 0 Å². The molecule has 0 N–H and O–H groups in total. The van der Waals surface area contributed by atoms with Gasteiger partial charge in [0.1, 0.15) is 17.0 Å². The molecule has 0 spiro atoms. The Hall–Kier alpha value is -2.77. The van der Waals surface area contributed by atoms with Gasteiger partial charge in [-0.15, -0.1) is 5.10 Å². The topological polar surface area (TPSA) is 54.2 Å². The van der Waals surface area contributed by atoms with Crippen molar-refractivity contribution in [2.75, 3.05) is 41.5 Å². The van der Waals surface area contributed by atoms with Crippen LogP contribution in [0.4, 0.5) is 5.69 Å². The molecule has 0 amide bonds.